The molecular weight excluding hydrogens is 392 g/mol. The number of benzene rings is 2. The first-order chi connectivity index (χ1) is 11.9. The van der Waals surface area contributed by atoms with Crippen LogP contribution in [0, 0.1) is 5.82 Å². The van der Waals surface area contributed by atoms with Gasteiger partial charge in [0.05, 0.1) is 20.8 Å². The highest BCUT2D eigenvalue weighted by Crippen LogP contribution is 2.23. The predicted octanol–water partition coefficient (Wildman–Crippen LogP) is 4.34. The van der Waals surface area contributed by atoms with Crippen molar-refractivity contribution in [1.29, 1.82) is 0 Å². The Morgan fingerprint density at radius 1 is 0.880 bits per heavy atom. The number of amides is 3. The Hall–Kier alpha value is -2.02. The van der Waals surface area contributed by atoms with Crippen LogP contribution in [-0.2, 0) is 0 Å². The van der Waals surface area contributed by atoms with Crippen molar-refractivity contribution in [2.24, 2.45) is 0 Å². The van der Waals surface area contributed by atoms with E-state index in [9.17, 15) is 14.0 Å². The van der Waals surface area contributed by atoms with Gasteiger partial charge in [-0.1, -0.05) is 34.8 Å². The van der Waals surface area contributed by atoms with Crippen molar-refractivity contribution in [3.63, 3.8) is 0 Å². The van der Waals surface area contributed by atoms with Crippen molar-refractivity contribution < 1.29 is 14.0 Å². The lowest BCUT2D eigenvalue weighted by molar-refractivity contribution is 0.0954. The number of carbonyl (C=O) groups excluding carboxylic acids is 2. The van der Waals surface area contributed by atoms with E-state index in [2.05, 4.69) is 16.0 Å². The third-order valence-corrected chi connectivity index (χ3v) is 4.11. The van der Waals surface area contributed by atoms with Crippen molar-refractivity contribution in [3.05, 3.63) is 62.8 Å². The molecule has 0 fully saturated rings. The average molecular weight is 405 g/mol. The number of urea groups is 1. The molecule has 2 aromatic carbocycles. The largest absolute Gasteiger partial charge is 0.350 e. The molecule has 5 nitrogen and oxygen atoms in total. The van der Waals surface area contributed by atoms with Crippen LogP contribution in [-0.4, -0.2) is 25.0 Å². The second-order valence-electron chi connectivity index (χ2n) is 4.89. The second-order valence-corrected chi connectivity index (χ2v) is 6.11. The van der Waals surface area contributed by atoms with E-state index in [1.54, 1.807) is 6.07 Å². The summed E-state index contributed by atoms with van der Waals surface area (Å²) in [6, 6.07) is 7.61. The number of nitrogens with one attached hydrogen (secondary N) is 3. The molecule has 0 radical (unpaired) electrons. The van der Waals surface area contributed by atoms with Crippen LogP contribution in [0.4, 0.5) is 14.9 Å². The molecule has 0 spiro atoms. The van der Waals surface area contributed by atoms with Crippen molar-refractivity contribution in [2.75, 3.05) is 18.4 Å². The summed E-state index contributed by atoms with van der Waals surface area (Å²) < 4.78 is 12.9. The SMILES string of the molecule is O=C(NCCNC(=O)c1ccc(Cl)c(Cl)c1)Nc1ccc(F)cc1Cl. The fourth-order valence-corrected chi connectivity index (χ4v) is 2.36. The summed E-state index contributed by atoms with van der Waals surface area (Å²) in [5.74, 6) is -0.844. The molecule has 2 rings (SSSR count). The summed E-state index contributed by atoms with van der Waals surface area (Å²) in [4.78, 5) is 23.7. The Labute approximate surface area is 158 Å². The minimum atomic E-state index is -0.530. The van der Waals surface area contributed by atoms with E-state index >= 15 is 0 Å². The molecule has 0 aliphatic rings. The Balaban J connectivity index is 1.75. The van der Waals surface area contributed by atoms with Gasteiger partial charge in [0, 0.05) is 18.7 Å². The molecule has 0 aromatic heterocycles. The molecule has 132 valence electrons. The Kier molecular flexibility index (Phi) is 6.87. The van der Waals surface area contributed by atoms with Gasteiger partial charge in [0.1, 0.15) is 5.82 Å². The van der Waals surface area contributed by atoms with Gasteiger partial charge in [-0.05, 0) is 36.4 Å². The van der Waals surface area contributed by atoms with Crippen LogP contribution in [0.15, 0.2) is 36.4 Å². The fraction of sp³-hybridized carbons (Fsp3) is 0.125. The molecule has 2 aromatic rings. The van der Waals surface area contributed by atoms with Crippen LogP contribution < -0.4 is 16.0 Å². The average Bonchev–Trinajstić information content (AvgIpc) is 2.56. The van der Waals surface area contributed by atoms with Gasteiger partial charge in [0.25, 0.3) is 5.91 Å². The molecule has 3 amide bonds. The highest BCUT2D eigenvalue weighted by molar-refractivity contribution is 6.42. The summed E-state index contributed by atoms with van der Waals surface area (Å²) >= 11 is 17.4. The minimum Gasteiger partial charge on any atom is -0.350 e. The molecule has 0 atom stereocenters. The summed E-state index contributed by atoms with van der Waals surface area (Å²) in [6.07, 6.45) is 0. The normalized spacial score (nSPS) is 10.2. The lowest BCUT2D eigenvalue weighted by atomic mass is 10.2. The smallest absolute Gasteiger partial charge is 0.319 e. The van der Waals surface area contributed by atoms with Gasteiger partial charge in [0.15, 0.2) is 0 Å². The standard InChI is InChI=1S/C16H13Cl3FN3O2/c17-11-3-1-9(7-12(11)18)15(24)21-5-6-22-16(25)23-14-4-2-10(20)8-13(14)19/h1-4,7-8H,5-6H2,(H,21,24)(H2,22,23,25). The lowest BCUT2D eigenvalue weighted by Crippen LogP contribution is -2.36. The molecule has 0 saturated carbocycles. The second kappa shape index (κ2) is 8.89. The molecule has 3 N–H and O–H groups in total. The van der Waals surface area contributed by atoms with E-state index in [1.165, 1.54) is 24.3 Å². The van der Waals surface area contributed by atoms with Crippen LogP contribution in [0.2, 0.25) is 15.1 Å². The number of anilines is 1. The zero-order valence-corrected chi connectivity index (χ0v) is 15.0. The van der Waals surface area contributed by atoms with Crippen LogP contribution in [0.25, 0.3) is 0 Å². The third kappa shape index (κ3) is 5.77. The van der Waals surface area contributed by atoms with Gasteiger partial charge in [-0.3, -0.25) is 4.79 Å². The Bertz CT molecular complexity index is 802. The zero-order valence-electron chi connectivity index (χ0n) is 12.7. The maximum absolute atomic E-state index is 12.9. The monoisotopic (exact) mass is 403 g/mol. The van der Waals surface area contributed by atoms with Gasteiger partial charge in [-0.25, -0.2) is 9.18 Å². The van der Waals surface area contributed by atoms with E-state index in [0.29, 0.717) is 10.6 Å². The zero-order chi connectivity index (χ0) is 18.4. The highest BCUT2D eigenvalue weighted by Gasteiger charge is 2.09. The van der Waals surface area contributed by atoms with E-state index in [4.69, 9.17) is 34.8 Å². The van der Waals surface area contributed by atoms with Gasteiger partial charge in [0.2, 0.25) is 0 Å². The predicted molar refractivity (Wildman–Crippen MR) is 97.2 cm³/mol. The van der Waals surface area contributed by atoms with E-state index < -0.39 is 11.8 Å². The molecule has 9 heteroatoms. The molecule has 0 unspecified atom stereocenters. The molecule has 25 heavy (non-hydrogen) atoms. The van der Waals surface area contributed by atoms with Gasteiger partial charge in [-0.2, -0.15) is 0 Å². The topological polar surface area (TPSA) is 70.2 Å². The maximum atomic E-state index is 12.9. The first-order valence-electron chi connectivity index (χ1n) is 7.10. The third-order valence-electron chi connectivity index (χ3n) is 3.06. The summed E-state index contributed by atoms with van der Waals surface area (Å²) in [5, 5.41) is 8.36. The molecule has 0 bridgehead atoms. The van der Waals surface area contributed by atoms with E-state index in [-0.39, 0.29) is 34.7 Å². The Morgan fingerprint density at radius 3 is 2.28 bits per heavy atom. The van der Waals surface area contributed by atoms with Crippen molar-refractivity contribution >= 4 is 52.4 Å². The van der Waals surface area contributed by atoms with E-state index in [1.807, 2.05) is 0 Å². The number of halogens is 4. The highest BCUT2D eigenvalue weighted by atomic mass is 35.5. The van der Waals surface area contributed by atoms with Gasteiger partial charge < -0.3 is 16.0 Å². The number of hydrogen-bond acceptors (Lipinski definition) is 2. The van der Waals surface area contributed by atoms with Crippen molar-refractivity contribution in [2.45, 2.75) is 0 Å². The maximum Gasteiger partial charge on any atom is 0.319 e. The summed E-state index contributed by atoms with van der Waals surface area (Å²) in [6.45, 7) is 0.376. The number of rotatable bonds is 5. The van der Waals surface area contributed by atoms with Crippen molar-refractivity contribution in [1.82, 2.24) is 10.6 Å². The molecule has 0 saturated heterocycles. The number of carbonyl (C=O) groups is 2. The molecule has 0 aliphatic heterocycles. The first-order valence-corrected chi connectivity index (χ1v) is 8.23. The molecular formula is C16H13Cl3FN3O2. The summed E-state index contributed by atoms with van der Waals surface area (Å²) in [7, 11) is 0. The van der Waals surface area contributed by atoms with Gasteiger partial charge >= 0.3 is 6.03 Å². The Morgan fingerprint density at radius 2 is 1.60 bits per heavy atom. The van der Waals surface area contributed by atoms with Crippen LogP contribution in [0.1, 0.15) is 10.4 Å². The summed E-state index contributed by atoms with van der Waals surface area (Å²) in [5.41, 5.74) is 0.636. The van der Waals surface area contributed by atoms with Crippen LogP contribution in [0.5, 0.6) is 0 Å². The van der Waals surface area contributed by atoms with Gasteiger partial charge in [-0.15, -0.1) is 0 Å². The fourth-order valence-electron chi connectivity index (χ4n) is 1.85. The van der Waals surface area contributed by atoms with Crippen LogP contribution in [0.3, 0.4) is 0 Å². The molecule has 0 heterocycles. The van der Waals surface area contributed by atoms with E-state index in [0.717, 1.165) is 6.07 Å². The van der Waals surface area contributed by atoms with Crippen LogP contribution >= 0.6 is 34.8 Å². The molecule has 0 aliphatic carbocycles. The lowest BCUT2D eigenvalue weighted by Gasteiger charge is -2.10. The quantitative estimate of drug-likeness (QED) is 0.649. The minimum absolute atomic E-state index is 0.0862. The number of hydrogen-bond donors (Lipinski definition) is 3. The first kappa shape index (κ1) is 19.3. The van der Waals surface area contributed by atoms with Crippen molar-refractivity contribution in [3.8, 4) is 0 Å².